The van der Waals surface area contributed by atoms with Gasteiger partial charge in [-0.3, -0.25) is 0 Å². The molecule has 0 radical (unpaired) electrons. The monoisotopic (exact) mass is 318 g/mol. The van der Waals surface area contributed by atoms with E-state index in [9.17, 15) is 5.11 Å². The zero-order valence-electron chi connectivity index (χ0n) is 14.2. The third-order valence-electron chi connectivity index (χ3n) is 5.43. The lowest BCUT2D eigenvalue weighted by Gasteiger charge is -2.29. The Balaban J connectivity index is 1.58. The largest absolute Gasteiger partial charge is 0.394 e. The maximum absolute atomic E-state index is 9.50. The van der Waals surface area contributed by atoms with Gasteiger partial charge >= 0.3 is 0 Å². The molecule has 1 saturated heterocycles. The Morgan fingerprint density at radius 1 is 1.22 bits per heavy atom. The van der Waals surface area contributed by atoms with Crippen molar-refractivity contribution in [1.29, 1.82) is 0 Å². The van der Waals surface area contributed by atoms with Crippen LogP contribution in [0.4, 0.5) is 11.6 Å². The van der Waals surface area contributed by atoms with Gasteiger partial charge in [-0.05, 0) is 44.4 Å². The van der Waals surface area contributed by atoms with E-state index < -0.39 is 0 Å². The molecule has 1 atom stereocenters. The Bertz CT molecular complexity index is 488. The standard InChI is InChI=1S/C18H30N4O/c1-2-4-14-6-8-15(9-7-14)21-17-11-18(20-13-19-17)22-10-3-5-16(22)12-23/h11,13-16,23H,2-10,12H2,1H3,(H,19,20,21). The molecule has 2 aliphatic rings. The number of aromatic nitrogens is 2. The summed E-state index contributed by atoms with van der Waals surface area (Å²) in [7, 11) is 0. The summed E-state index contributed by atoms with van der Waals surface area (Å²) in [6.45, 7) is 3.46. The Kier molecular flexibility index (Phi) is 5.70. The number of nitrogens with zero attached hydrogens (tertiary/aromatic N) is 3. The molecule has 1 aromatic rings. The number of aliphatic hydroxyl groups is 1. The van der Waals surface area contributed by atoms with Gasteiger partial charge in [-0.2, -0.15) is 0 Å². The summed E-state index contributed by atoms with van der Waals surface area (Å²) in [6, 6.07) is 2.80. The molecule has 5 heteroatoms. The van der Waals surface area contributed by atoms with E-state index in [0.717, 1.165) is 36.9 Å². The van der Waals surface area contributed by atoms with Crippen molar-refractivity contribution in [2.24, 2.45) is 5.92 Å². The van der Waals surface area contributed by atoms with Gasteiger partial charge in [0.1, 0.15) is 18.0 Å². The van der Waals surface area contributed by atoms with Crippen LogP contribution in [0.2, 0.25) is 0 Å². The molecule has 23 heavy (non-hydrogen) atoms. The predicted molar refractivity (Wildman–Crippen MR) is 93.8 cm³/mol. The zero-order chi connectivity index (χ0) is 16.1. The van der Waals surface area contributed by atoms with Crippen molar-refractivity contribution < 1.29 is 5.11 Å². The van der Waals surface area contributed by atoms with Gasteiger partial charge in [0.2, 0.25) is 0 Å². The highest BCUT2D eigenvalue weighted by molar-refractivity contribution is 5.50. The number of rotatable bonds is 6. The third kappa shape index (κ3) is 4.14. The van der Waals surface area contributed by atoms with Crippen LogP contribution in [0, 0.1) is 5.92 Å². The fourth-order valence-electron chi connectivity index (χ4n) is 4.12. The minimum Gasteiger partial charge on any atom is -0.394 e. The van der Waals surface area contributed by atoms with E-state index in [1.807, 2.05) is 6.07 Å². The second kappa shape index (κ2) is 7.95. The molecule has 1 aliphatic carbocycles. The molecule has 0 aromatic carbocycles. The number of anilines is 2. The zero-order valence-corrected chi connectivity index (χ0v) is 14.2. The highest BCUT2D eigenvalue weighted by Gasteiger charge is 2.25. The first kappa shape index (κ1) is 16.5. The minimum absolute atomic E-state index is 0.203. The number of nitrogens with one attached hydrogen (secondary N) is 1. The lowest BCUT2D eigenvalue weighted by atomic mass is 9.83. The minimum atomic E-state index is 0.203. The predicted octanol–water partition coefficient (Wildman–Crippen LogP) is 3.21. The topological polar surface area (TPSA) is 61.3 Å². The van der Waals surface area contributed by atoms with Crippen LogP contribution in [0.25, 0.3) is 0 Å². The molecular weight excluding hydrogens is 288 g/mol. The van der Waals surface area contributed by atoms with Gasteiger partial charge in [0.05, 0.1) is 12.6 Å². The average molecular weight is 318 g/mol. The molecule has 128 valence electrons. The first-order valence-electron chi connectivity index (χ1n) is 9.26. The molecule has 1 aromatic heterocycles. The van der Waals surface area contributed by atoms with Crippen LogP contribution in [-0.4, -0.2) is 40.3 Å². The van der Waals surface area contributed by atoms with E-state index in [4.69, 9.17) is 0 Å². The molecule has 0 amide bonds. The fourth-order valence-corrected chi connectivity index (χ4v) is 4.12. The second-order valence-electron chi connectivity index (χ2n) is 7.08. The molecule has 1 aliphatic heterocycles. The van der Waals surface area contributed by atoms with Crippen molar-refractivity contribution in [2.75, 3.05) is 23.4 Å². The highest BCUT2D eigenvalue weighted by Crippen LogP contribution is 2.30. The van der Waals surface area contributed by atoms with Crippen LogP contribution in [-0.2, 0) is 0 Å². The van der Waals surface area contributed by atoms with E-state index in [2.05, 4.69) is 27.1 Å². The van der Waals surface area contributed by atoms with Crippen molar-refractivity contribution in [3.8, 4) is 0 Å². The van der Waals surface area contributed by atoms with Gasteiger partial charge in [0, 0.05) is 18.7 Å². The molecule has 2 N–H and O–H groups in total. The molecule has 3 rings (SSSR count). The van der Waals surface area contributed by atoms with E-state index in [-0.39, 0.29) is 12.6 Å². The Morgan fingerprint density at radius 2 is 2.04 bits per heavy atom. The van der Waals surface area contributed by atoms with Crippen LogP contribution < -0.4 is 10.2 Å². The fraction of sp³-hybridized carbons (Fsp3) is 0.778. The lowest BCUT2D eigenvalue weighted by molar-refractivity contribution is 0.266. The summed E-state index contributed by atoms with van der Waals surface area (Å²) in [5.74, 6) is 2.80. The van der Waals surface area contributed by atoms with Crippen molar-refractivity contribution in [1.82, 2.24) is 9.97 Å². The van der Waals surface area contributed by atoms with Gasteiger partial charge in [-0.1, -0.05) is 19.8 Å². The maximum Gasteiger partial charge on any atom is 0.134 e. The van der Waals surface area contributed by atoms with E-state index in [1.165, 1.54) is 38.5 Å². The maximum atomic E-state index is 9.50. The van der Waals surface area contributed by atoms with Crippen LogP contribution in [0.3, 0.4) is 0 Å². The quantitative estimate of drug-likeness (QED) is 0.843. The summed E-state index contributed by atoms with van der Waals surface area (Å²) in [5.41, 5.74) is 0. The lowest BCUT2D eigenvalue weighted by Crippen LogP contribution is -2.33. The Morgan fingerprint density at radius 3 is 2.78 bits per heavy atom. The SMILES string of the molecule is CCCC1CCC(Nc2cc(N3CCCC3CO)ncn2)CC1. The van der Waals surface area contributed by atoms with Gasteiger partial charge in [0.25, 0.3) is 0 Å². The summed E-state index contributed by atoms with van der Waals surface area (Å²) >= 11 is 0. The molecule has 5 nitrogen and oxygen atoms in total. The molecule has 2 fully saturated rings. The van der Waals surface area contributed by atoms with Gasteiger partial charge in [0.15, 0.2) is 0 Å². The highest BCUT2D eigenvalue weighted by atomic mass is 16.3. The molecular formula is C18H30N4O. The van der Waals surface area contributed by atoms with Crippen LogP contribution in [0.15, 0.2) is 12.4 Å². The van der Waals surface area contributed by atoms with Crippen LogP contribution >= 0.6 is 0 Å². The molecule has 0 spiro atoms. The summed E-state index contributed by atoms with van der Waals surface area (Å²) in [4.78, 5) is 11.0. The first-order valence-corrected chi connectivity index (χ1v) is 9.26. The van der Waals surface area contributed by atoms with Gasteiger partial charge in [-0.15, -0.1) is 0 Å². The number of aliphatic hydroxyl groups excluding tert-OH is 1. The van der Waals surface area contributed by atoms with E-state index in [1.54, 1.807) is 6.33 Å². The van der Waals surface area contributed by atoms with Crippen molar-refractivity contribution >= 4 is 11.6 Å². The first-order chi connectivity index (χ1) is 11.3. The summed E-state index contributed by atoms with van der Waals surface area (Å²) in [5, 5.41) is 13.1. The molecule has 1 unspecified atom stereocenters. The van der Waals surface area contributed by atoms with Crippen molar-refractivity contribution in [2.45, 2.75) is 70.4 Å². The molecule has 2 heterocycles. The second-order valence-corrected chi connectivity index (χ2v) is 7.08. The van der Waals surface area contributed by atoms with Crippen LogP contribution in [0.1, 0.15) is 58.3 Å². The summed E-state index contributed by atoms with van der Waals surface area (Å²) < 4.78 is 0. The van der Waals surface area contributed by atoms with Gasteiger partial charge < -0.3 is 15.3 Å². The molecule has 1 saturated carbocycles. The van der Waals surface area contributed by atoms with E-state index >= 15 is 0 Å². The molecule has 0 bridgehead atoms. The van der Waals surface area contributed by atoms with Crippen molar-refractivity contribution in [3.63, 3.8) is 0 Å². The number of hydrogen-bond donors (Lipinski definition) is 2. The number of hydrogen-bond acceptors (Lipinski definition) is 5. The van der Waals surface area contributed by atoms with Crippen molar-refractivity contribution in [3.05, 3.63) is 12.4 Å². The Hall–Kier alpha value is -1.36. The van der Waals surface area contributed by atoms with Crippen LogP contribution in [0.5, 0.6) is 0 Å². The van der Waals surface area contributed by atoms with Gasteiger partial charge in [-0.25, -0.2) is 9.97 Å². The normalized spacial score (nSPS) is 28.1. The summed E-state index contributed by atoms with van der Waals surface area (Å²) in [6.07, 6.45) is 11.7. The van der Waals surface area contributed by atoms with E-state index in [0.29, 0.717) is 6.04 Å². The smallest absolute Gasteiger partial charge is 0.134 e. The Labute approximate surface area is 139 Å². The average Bonchev–Trinajstić information content (AvgIpc) is 3.06. The third-order valence-corrected chi connectivity index (χ3v) is 5.43.